The van der Waals surface area contributed by atoms with Gasteiger partial charge in [-0.3, -0.25) is 29.1 Å². The Morgan fingerprint density at radius 2 is 1.53 bits per heavy atom. The third-order valence-corrected chi connectivity index (χ3v) is 7.23. The molecule has 1 aliphatic rings. The van der Waals surface area contributed by atoms with E-state index >= 15 is 0 Å². The number of fused-ring (bicyclic) bond motifs is 1. The standard InChI is InChI=1S/C13H15NO.C10H13NO4.C10H9NO2.C4H5ClO.2C2H6/c1-10(2)11-6-5-7-12(8-11)13(3,4)14-9-15;12-8-5-6-9(13)11(8)7-3-1-2-4-10(14)15;12-6-7-3-4-9(13)10-8(7)2-1-5-11-10;1-3(2)4(5)6;2*1-2/h5-8H,1H2,2-4H3;5-6H,1-4,7H2,(H,14,15);1-5,12-13H,6H2;1H2,2H3;2*1-2H3. The van der Waals surface area contributed by atoms with Crippen molar-refractivity contribution in [2.24, 2.45) is 4.99 Å². The quantitative estimate of drug-likeness (QED) is 0.0432. The summed E-state index contributed by atoms with van der Waals surface area (Å²) >= 11 is 4.87. The molecule has 0 aliphatic carbocycles. The molecule has 1 aromatic heterocycles. The Morgan fingerprint density at radius 1 is 0.943 bits per heavy atom. The minimum absolute atomic E-state index is 0.0392. The van der Waals surface area contributed by atoms with Crippen molar-refractivity contribution in [1.82, 2.24) is 9.88 Å². The first-order chi connectivity index (χ1) is 25.0. The van der Waals surface area contributed by atoms with Gasteiger partial charge in [-0.15, -0.1) is 0 Å². The zero-order chi connectivity index (χ0) is 41.1. The smallest absolute Gasteiger partial charge is 0.303 e. The lowest BCUT2D eigenvalue weighted by Gasteiger charge is -2.18. The molecular formula is C41H54ClN3O8. The lowest BCUT2D eigenvalue weighted by Crippen LogP contribution is -2.30. The van der Waals surface area contributed by atoms with Crippen LogP contribution in [0.4, 0.5) is 0 Å². The molecule has 3 aromatic rings. The first kappa shape index (κ1) is 49.9. The normalized spacial score (nSPS) is 10.9. The molecule has 0 bridgehead atoms. The molecule has 1 aliphatic heterocycles. The molecule has 11 nitrogen and oxygen atoms in total. The van der Waals surface area contributed by atoms with E-state index in [1.54, 1.807) is 37.4 Å². The lowest BCUT2D eigenvalue weighted by atomic mass is 9.92. The molecule has 53 heavy (non-hydrogen) atoms. The van der Waals surface area contributed by atoms with Crippen LogP contribution in [0.1, 0.15) is 97.8 Å². The van der Waals surface area contributed by atoms with Gasteiger partial charge < -0.3 is 15.3 Å². The van der Waals surface area contributed by atoms with Gasteiger partial charge >= 0.3 is 5.97 Å². The van der Waals surface area contributed by atoms with Gasteiger partial charge in [0.1, 0.15) is 11.3 Å². The molecule has 4 rings (SSSR count). The van der Waals surface area contributed by atoms with E-state index in [4.69, 9.17) is 21.8 Å². The van der Waals surface area contributed by atoms with E-state index < -0.39 is 16.8 Å². The number of aliphatic hydroxyl groups is 1. The van der Waals surface area contributed by atoms with Gasteiger partial charge in [0.15, 0.2) is 0 Å². The molecule has 0 radical (unpaired) electrons. The summed E-state index contributed by atoms with van der Waals surface area (Å²) in [5.41, 5.74) is 4.25. The number of allylic oxidation sites excluding steroid dienone is 2. The third-order valence-electron chi connectivity index (χ3n) is 6.90. The van der Waals surface area contributed by atoms with E-state index in [9.17, 15) is 29.1 Å². The zero-order valence-corrected chi connectivity index (χ0v) is 32.9. The molecular weight excluding hydrogens is 698 g/mol. The number of rotatable bonds is 11. The summed E-state index contributed by atoms with van der Waals surface area (Å²) in [7, 11) is 0. The van der Waals surface area contributed by atoms with Crippen LogP contribution in [0.25, 0.3) is 16.5 Å². The van der Waals surface area contributed by atoms with Crippen LogP contribution in [0.2, 0.25) is 0 Å². The number of halogens is 1. The van der Waals surface area contributed by atoms with Crippen LogP contribution in [0.15, 0.2) is 90.6 Å². The summed E-state index contributed by atoms with van der Waals surface area (Å²) in [6, 6.07) is 14.7. The maximum absolute atomic E-state index is 11.1. The van der Waals surface area contributed by atoms with E-state index in [-0.39, 0.29) is 30.6 Å². The molecule has 12 heteroatoms. The Hall–Kier alpha value is -5.22. The first-order valence-corrected chi connectivity index (χ1v) is 17.6. The van der Waals surface area contributed by atoms with E-state index in [1.807, 2.05) is 78.8 Å². The number of carboxylic acid groups (broad SMARTS) is 1. The van der Waals surface area contributed by atoms with E-state index in [2.05, 4.69) is 23.1 Å². The highest BCUT2D eigenvalue weighted by Gasteiger charge is 2.22. The number of aliphatic carboxylic acids is 1. The molecule has 2 heterocycles. The van der Waals surface area contributed by atoms with Gasteiger partial charge in [-0.25, -0.2) is 4.79 Å². The van der Waals surface area contributed by atoms with Gasteiger partial charge in [0, 0.05) is 42.3 Å². The Bertz CT molecular complexity index is 1710. The number of aliphatic hydroxyl groups excluding tert-OH is 1. The number of carbonyl (C=O) groups is 4. The average Bonchev–Trinajstić information content (AvgIpc) is 3.46. The van der Waals surface area contributed by atoms with Crippen molar-refractivity contribution >= 4 is 57.2 Å². The SMILES string of the molecule is C=C(C)C(=O)Cl.C=C(C)c1cccc(C(C)(C)N=C=O)c1.CC.CC.O=C(O)CCCCCN1C(=O)C=CC1=O.OCc1ccc(O)c2ncccc12. The first-order valence-electron chi connectivity index (χ1n) is 17.2. The second kappa shape index (κ2) is 27.4. The second-order valence-electron chi connectivity index (χ2n) is 11.3. The maximum atomic E-state index is 11.1. The maximum Gasteiger partial charge on any atom is 0.303 e. The molecule has 2 aromatic carbocycles. The summed E-state index contributed by atoms with van der Waals surface area (Å²) in [6.07, 6.45) is 7.81. The Kier molecular flexibility index (Phi) is 25.8. The fourth-order valence-electron chi connectivity index (χ4n) is 4.07. The van der Waals surface area contributed by atoms with Gasteiger partial charge in [-0.2, -0.15) is 4.99 Å². The Labute approximate surface area is 318 Å². The van der Waals surface area contributed by atoms with Crippen LogP contribution >= 0.6 is 11.6 Å². The number of phenols is 1. The van der Waals surface area contributed by atoms with Crippen LogP contribution in [0.5, 0.6) is 5.75 Å². The summed E-state index contributed by atoms with van der Waals surface area (Å²) in [5.74, 6) is -1.23. The highest BCUT2D eigenvalue weighted by Crippen LogP contribution is 2.27. The number of imide groups is 1. The van der Waals surface area contributed by atoms with Crippen molar-refractivity contribution < 1.29 is 39.3 Å². The van der Waals surface area contributed by atoms with Crippen LogP contribution in [-0.2, 0) is 36.1 Å². The third kappa shape index (κ3) is 19.3. The molecule has 2 amide bonds. The van der Waals surface area contributed by atoms with E-state index in [0.29, 0.717) is 36.9 Å². The average molecular weight is 752 g/mol. The van der Waals surface area contributed by atoms with Crippen molar-refractivity contribution in [2.75, 3.05) is 6.54 Å². The predicted octanol–water partition coefficient (Wildman–Crippen LogP) is 8.66. The minimum Gasteiger partial charge on any atom is -0.506 e. The van der Waals surface area contributed by atoms with Gasteiger partial charge in [-0.1, -0.05) is 83.2 Å². The molecule has 0 atom stereocenters. The number of aromatic nitrogens is 1. The predicted molar refractivity (Wildman–Crippen MR) is 212 cm³/mol. The monoisotopic (exact) mass is 751 g/mol. The van der Waals surface area contributed by atoms with Gasteiger partial charge in [0.25, 0.3) is 11.8 Å². The molecule has 0 unspecified atom stereocenters. The summed E-state index contributed by atoms with van der Waals surface area (Å²) in [5, 5.41) is 27.2. The number of nitrogens with zero attached hydrogens (tertiary/aromatic N) is 3. The molecule has 288 valence electrons. The number of carboxylic acids is 1. The highest BCUT2D eigenvalue weighted by atomic mass is 35.5. The van der Waals surface area contributed by atoms with Crippen molar-refractivity contribution in [2.45, 2.75) is 93.2 Å². The number of pyridine rings is 1. The minimum atomic E-state index is -0.815. The summed E-state index contributed by atoms with van der Waals surface area (Å²) in [6.45, 7) is 22.8. The number of hydrogen-bond donors (Lipinski definition) is 3. The van der Waals surface area contributed by atoms with Crippen molar-refractivity contribution in [3.8, 4) is 5.75 Å². The number of hydrogen-bond acceptors (Lipinski definition) is 9. The Morgan fingerprint density at radius 3 is 2.02 bits per heavy atom. The fourth-order valence-corrected chi connectivity index (χ4v) is 4.07. The lowest BCUT2D eigenvalue weighted by molar-refractivity contribution is -0.138. The molecule has 3 N–H and O–H groups in total. The largest absolute Gasteiger partial charge is 0.506 e. The topological polar surface area (TPSA) is 175 Å². The van der Waals surface area contributed by atoms with Crippen molar-refractivity contribution in [3.63, 3.8) is 0 Å². The second-order valence-corrected chi connectivity index (χ2v) is 11.7. The van der Waals surface area contributed by atoms with Crippen LogP contribution < -0.4 is 0 Å². The van der Waals surface area contributed by atoms with E-state index in [1.165, 1.54) is 17.1 Å². The highest BCUT2D eigenvalue weighted by molar-refractivity contribution is 6.67. The number of unbranched alkanes of at least 4 members (excludes halogenated alkanes) is 2. The van der Waals surface area contributed by atoms with E-state index in [0.717, 1.165) is 27.6 Å². The number of carbonyl (C=O) groups excluding carboxylic acids is 4. The summed E-state index contributed by atoms with van der Waals surface area (Å²) < 4.78 is 0. The van der Waals surface area contributed by atoms with Crippen molar-refractivity contribution in [1.29, 1.82) is 0 Å². The van der Waals surface area contributed by atoms with Crippen molar-refractivity contribution in [3.05, 3.63) is 102 Å². The number of amides is 2. The molecule has 0 saturated heterocycles. The number of isocyanates is 1. The number of phenolic OH excluding ortho intramolecular Hbond substituents is 1. The van der Waals surface area contributed by atoms with Crippen LogP contribution in [0, 0.1) is 0 Å². The zero-order valence-electron chi connectivity index (χ0n) is 32.1. The Balaban J connectivity index is 0. The molecule has 0 saturated carbocycles. The van der Waals surface area contributed by atoms with Gasteiger partial charge in [-0.05, 0) is 87.0 Å². The summed E-state index contributed by atoms with van der Waals surface area (Å²) in [4.78, 5) is 61.5. The fraction of sp³-hybridized carbons (Fsp3) is 0.366. The number of benzene rings is 2. The van der Waals surface area contributed by atoms with Gasteiger partial charge in [0.05, 0.1) is 12.1 Å². The van der Waals surface area contributed by atoms with Crippen LogP contribution in [0.3, 0.4) is 0 Å². The number of aromatic hydroxyl groups is 1. The van der Waals surface area contributed by atoms with Gasteiger partial charge in [0.2, 0.25) is 11.3 Å². The molecule has 0 fully saturated rings. The van der Waals surface area contributed by atoms with Crippen LogP contribution in [-0.4, -0.2) is 60.9 Å². The number of aliphatic imine (C=N–C) groups is 1. The molecule has 0 spiro atoms.